The number of non-ortho nitro benzene ring substituents is 1. The first-order valence-corrected chi connectivity index (χ1v) is 5.54. The first-order chi connectivity index (χ1) is 8.26. The molecule has 0 radical (unpaired) electrons. The summed E-state index contributed by atoms with van der Waals surface area (Å²) in [4.78, 5) is 22.2. The van der Waals surface area contributed by atoms with Crippen LogP contribution >= 0.6 is 12.4 Å². The van der Waals surface area contributed by atoms with Crippen molar-refractivity contribution in [3.63, 3.8) is 0 Å². The van der Waals surface area contributed by atoms with Crippen molar-refractivity contribution >= 4 is 24.0 Å². The molecular formula is C12H18ClN3O3. The largest absolute Gasteiger partial charge is 0.346 e. The van der Waals surface area contributed by atoms with Gasteiger partial charge in [0.05, 0.1) is 4.92 Å². The summed E-state index contributed by atoms with van der Waals surface area (Å²) in [5.41, 5.74) is 5.86. The number of hydrogen-bond acceptors (Lipinski definition) is 4. The maximum Gasteiger partial charge on any atom is 0.270 e. The van der Waals surface area contributed by atoms with Gasteiger partial charge in [-0.3, -0.25) is 14.9 Å². The molecule has 6 nitrogen and oxygen atoms in total. The molecule has 0 saturated heterocycles. The lowest BCUT2D eigenvalue weighted by Gasteiger charge is -2.24. The Bertz CT molecular complexity index is 489. The summed E-state index contributed by atoms with van der Waals surface area (Å²) in [6.07, 6.45) is 0. The second kappa shape index (κ2) is 6.49. The van der Waals surface area contributed by atoms with Crippen LogP contribution in [0, 0.1) is 17.0 Å². The van der Waals surface area contributed by atoms with E-state index in [0.717, 1.165) is 0 Å². The van der Waals surface area contributed by atoms with E-state index in [-0.39, 0.29) is 30.5 Å². The Morgan fingerprint density at radius 3 is 2.53 bits per heavy atom. The van der Waals surface area contributed by atoms with Gasteiger partial charge in [0.1, 0.15) is 0 Å². The molecule has 1 aromatic carbocycles. The Morgan fingerprint density at radius 1 is 1.47 bits per heavy atom. The predicted molar refractivity (Wildman–Crippen MR) is 75.7 cm³/mol. The highest BCUT2D eigenvalue weighted by Crippen LogP contribution is 2.18. The van der Waals surface area contributed by atoms with Gasteiger partial charge in [0, 0.05) is 29.8 Å². The Balaban J connectivity index is 0.00000324. The second-order valence-electron chi connectivity index (χ2n) is 4.80. The number of nitrogens with zero attached hydrogens (tertiary/aromatic N) is 1. The maximum atomic E-state index is 12.0. The number of rotatable bonds is 4. The topological polar surface area (TPSA) is 98.3 Å². The molecule has 0 saturated carbocycles. The van der Waals surface area contributed by atoms with Crippen LogP contribution in [0.2, 0.25) is 0 Å². The standard InChI is InChI=1S/C12H17N3O3.ClH/c1-8-4-5-9(15(17)18)6-10(8)11(16)14-12(2,3)7-13;/h4-6H,7,13H2,1-3H3,(H,14,16);1H. The third-order valence-electron chi connectivity index (χ3n) is 2.64. The number of carbonyl (C=O) groups is 1. The van der Waals surface area contributed by atoms with Gasteiger partial charge < -0.3 is 11.1 Å². The van der Waals surface area contributed by atoms with Crippen LogP contribution in [0.5, 0.6) is 0 Å². The van der Waals surface area contributed by atoms with Gasteiger partial charge in [-0.2, -0.15) is 0 Å². The molecule has 1 amide bonds. The Labute approximate surface area is 117 Å². The summed E-state index contributed by atoms with van der Waals surface area (Å²) in [5, 5.41) is 13.4. The normalized spacial score (nSPS) is 10.5. The summed E-state index contributed by atoms with van der Waals surface area (Å²) < 4.78 is 0. The van der Waals surface area contributed by atoms with Crippen LogP contribution in [0.25, 0.3) is 0 Å². The van der Waals surface area contributed by atoms with E-state index in [1.807, 2.05) is 0 Å². The average molecular weight is 288 g/mol. The highest BCUT2D eigenvalue weighted by molar-refractivity contribution is 5.96. The highest BCUT2D eigenvalue weighted by Gasteiger charge is 2.21. The van der Waals surface area contributed by atoms with Crippen LogP contribution in [-0.4, -0.2) is 22.9 Å². The molecular weight excluding hydrogens is 270 g/mol. The lowest BCUT2D eigenvalue weighted by Crippen LogP contribution is -2.49. The van der Waals surface area contributed by atoms with Crippen LogP contribution in [-0.2, 0) is 0 Å². The molecule has 0 aliphatic rings. The van der Waals surface area contributed by atoms with Crippen molar-refractivity contribution in [3.8, 4) is 0 Å². The van der Waals surface area contributed by atoms with Crippen LogP contribution in [0.4, 0.5) is 5.69 Å². The van der Waals surface area contributed by atoms with Gasteiger partial charge in [0.2, 0.25) is 0 Å². The molecule has 0 bridgehead atoms. The van der Waals surface area contributed by atoms with Crippen LogP contribution in [0.3, 0.4) is 0 Å². The molecule has 0 aromatic heterocycles. The van der Waals surface area contributed by atoms with E-state index in [1.54, 1.807) is 26.8 Å². The average Bonchev–Trinajstić information content (AvgIpc) is 2.28. The van der Waals surface area contributed by atoms with Crippen molar-refractivity contribution in [2.75, 3.05) is 6.54 Å². The molecule has 106 valence electrons. The molecule has 0 heterocycles. The zero-order valence-corrected chi connectivity index (χ0v) is 11.9. The number of nitrogens with two attached hydrogens (primary N) is 1. The molecule has 7 heteroatoms. The second-order valence-corrected chi connectivity index (χ2v) is 4.80. The van der Waals surface area contributed by atoms with Gasteiger partial charge in [0.15, 0.2) is 0 Å². The van der Waals surface area contributed by atoms with E-state index in [1.165, 1.54) is 12.1 Å². The summed E-state index contributed by atoms with van der Waals surface area (Å²) >= 11 is 0. The molecule has 0 fully saturated rings. The monoisotopic (exact) mass is 287 g/mol. The van der Waals surface area contributed by atoms with E-state index < -0.39 is 10.5 Å². The molecule has 1 rings (SSSR count). The minimum atomic E-state index is -0.547. The summed E-state index contributed by atoms with van der Waals surface area (Å²) in [6.45, 7) is 5.59. The Hall–Kier alpha value is -1.66. The predicted octanol–water partition coefficient (Wildman–Crippen LogP) is 1.79. The van der Waals surface area contributed by atoms with E-state index in [4.69, 9.17) is 5.73 Å². The Kier molecular flexibility index (Phi) is 5.92. The number of carbonyl (C=O) groups excluding carboxylic acids is 1. The fourth-order valence-corrected chi connectivity index (χ4v) is 1.39. The van der Waals surface area contributed by atoms with Gasteiger partial charge in [0.25, 0.3) is 11.6 Å². The molecule has 1 aromatic rings. The summed E-state index contributed by atoms with van der Waals surface area (Å²) in [7, 11) is 0. The maximum absolute atomic E-state index is 12.0. The first-order valence-electron chi connectivity index (χ1n) is 5.54. The SMILES string of the molecule is Cc1ccc([N+](=O)[O-])cc1C(=O)NC(C)(C)CN.Cl. The summed E-state index contributed by atoms with van der Waals surface area (Å²) in [6, 6.07) is 4.21. The van der Waals surface area contributed by atoms with Crippen LogP contribution in [0.15, 0.2) is 18.2 Å². The molecule has 0 spiro atoms. The van der Waals surface area contributed by atoms with Gasteiger partial charge in [-0.15, -0.1) is 12.4 Å². The third kappa shape index (κ3) is 4.50. The van der Waals surface area contributed by atoms with Crippen molar-refractivity contribution in [1.29, 1.82) is 0 Å². The minimum Gasteiger partial charge on any atom is -0.346 e. The first kappa shape index (κ1) is 17.3. The molecule has 0 unspecified atom stereocenters. The molecule has 19 heavy (non-hydrogen) atoms. The molecule has 0 atom stereocenters. The third-order valence-corrected chi connectivity index (χ3v) is 2.64. The number of hydrogen-bond donors (Lipinski definition) is 2. The van der Waals surface area contributed by atoms with Gasteiger partial charge in [-0.1, -0.05) is 6.07 Å². The number of nitro groups is 1. The number of halogens is 1. The fraction of sp³-hybridized carbons (Fsp3) is 0.417. The van der Waals surface area contributed by atoms with E-state index in [9.17, 15) is 14.9 Å². The lowest BCUT2D eigenvalue weighted by molar-refractivity contribution is -0.384. The quantitative estimate of drug-likeness (QED) is 0.651. The minimum absolute atomic E-state index is 0. The van der Waals surface area contributed by atoms with E-state index in [0.29, 0.717) is 11.1 Å². The Morgan fingerprint density at radius 2 is 2.05 bits per heavy atom. The van der Waals surface area contributed by atoms with Crippen LogP contribution < -0.4 is 11.1 Å². The van der Waals surface area contributed by atoms with Gasteiger partial charge in [-0.25, -0.2) is 0 Å². The van der Waals surface area contributed by atoms with Crippen molar-refractivity contribution in [1.82, 2.24) is 5.32 Å². The highest BCUT2D eigenvalue weighted by atomic mass is 35.5. The van der Waals surface area contributed by atoms with E-state index in [2.05, 4.69) is 5.32 Å². The van der Waals surface area contributed by atoms with Crippen LogP contribution in [0.1, 0.15) is 29.8 Å². The zero-order valence-electron chi connectivity index (χ0n) is 11.1. The molecule has 0 aliphatic carbocycles. The zero-order chi connectivity index (χ0) is 13.9. The van der Waals surface area contributed by atoms with Crippen molar-refractivity contribution in [2.24, 2.45) is 5.73 Å². The number of benzene rings is 1. The number of nitrogens with one attached hydrogen (secondary N) is 1. The molecule has 0 aliphatic heterocycles. The van der Waals surface area contributed by atoms with Crippen molar-refractivity contribution in [2.45, 2.75) is 26.3 Å². The number of aryl methyl sites for hydroxylation is 1. The smallest absolute Gasteiger partial charge is 0.270 e. The number of nitro benzene ring substituents is 1. The van der Waals surface area contributed by atoms with Crippen molar-refractivity contribution in [3.05, 3.63) is 39.4 Å². The van der Waals surface area contributed by atoms with Gasteiger partial charge >= 0.3 is 0 Å². The number of amides is 1. The lowest BCUT2D eigenvalue weighted by atomic mass is 10.0. The molecule has 3 N–H and O–H groups in total. The van der Waals surface area contributed by atoms with Crippen molar-refractivity contribution < 1.29 is 9.72 Å². The summed E-state index contributed by atoms with van der Waals surface area (Å²) in [5.74, 6) is -0.355. The fourth-order valence-electron chi connectivity index (χ4n) is 1.39. The van der Waals surface area contributed by atoms with Gasteiger partial charge in [-0.05, 0) is 26.3 Å². The van der Waals surface area contributed by atoms with E-state index >= 15 is 0 Å².